The van der Waals surface area contributed by atoms with Crippen molar-refractivity contribution >= 4 is 11.4 Å². The molecule has 4 heteroatoms. The lowest BCUT2D eigenvalue weighted by Gasteiger charge is -2.23. The molecule has 0 aromatic heterocycles. The number of benzene rings is 1. The van der Waals surface area contributed by atoms with Gasteiger partial charge in [0.2, 0.25) is 0 Å². The van der Waals surface area contributed by atoms with E-state index in [0.29, 0.717) is 12.1 Å². The van der Waals surface area contributed by atoms with Crippen LogP contribution >= 0.6 is 0 Å². The molecule has 92 valence electrons. The van der Waals surface area contributed by atoms with Crippen LogP contribution in [0.4, 0.5) is 15.8 Å². The predicted molar refractivity (Wildman–Crippen MR) is 67.4 cm³/mol. The second kappa shape index (κ2) is 4.18. The highest BCUT2D eigenvalue weighted by atomic mass is 19.1. The summed E-state index contributed by atoms with van der Waals surface area (Å²) in [6.45, 7) is 2.36. The number of nitrogens with two attached hydrogens (primary N) is 1. The van der Waals surface area contributed by atoms with Gasteiger partial charge in [0.1, 0.15) is 5.82 Å². The molecular weight excluding hydrogens is 217 g/mol. The zero-order chi connectivity index (χ0) is 11.8. The van der Waals surface area contributed by atoms with Gasteiger partial charge in [0.25, 0.3) is 0 Å². The van der Waals surface area contributed by atoms with Gasteiger partial charge in [-0.3, -0.25) is 4.90 Å². The minimum atomic E-state index is -0.337. The summed E-state index contributed by atoms with van der Waals surface area (Å²) >= 11 is 0. The van der Waals surface area contributed by atoms with E-state index in [9.17, 15) is 4.39 Å². The average molecular weight is 235 g/mol. The summed E-state index contributed by atoms with van der Waals surface area (Å²) in [5.41, 5.74) is 6.73. The molecular formula is C13H18FN3. The van der Waals surface area contributed by atoms with Gasteiger partial charge >= 0.3 is 0 Å². The van der Waals surface area contributed by atoms with Gasteiger partial charge in [-0.1, -0.05) is 6.07 Å². The van der Waals surface area contributed by atoms with E-state index in [-0.39, 0.29) is 11.5 Å². The quantitative estimate of drug-likeness (QED) is 0.771. The molecule has 1 aromatic carbocycles. The third-order valence-corrected chi connectivity index (χ3v) is 4.00. The zero-order valence-corrected chi connectivity index (χ0v) is 9.82. The highest BCUT2D eigenvalue weighted by Crippen LogP contribution is 2.31. The molecule has 3 rings (SSSR count). The number of halogens is 1. The molecule has 2 saturated heterocycles. The third kappa shape index (κ3) is 1.86. The van der Waals surface area contributed by atoms with Crippen LogP contribution in [0, 0.1) is 5.82 Å². The number of nitrogen functional groups attached to an aromatic ring is 1. The van der Waals surface area contributed by atoms with Crippen molar-refractivity contribution in [1.29, 1.82) is 0 Å². The number of para-hydroxylation sites is 1. The van der Waals surface area contributed by atoms with Gasteiger partial charge in [-0.15, -0.1) is 0 Å². The normalized spacial score (nSPS) is 28.3. The molecule has 1 aromatic rings. The first-order chi connectivity index (χ1) is 8.25. The van der Waals surface area contributed by atoms with E-state index >= 15 is 0 Å². The van der Waals surface area contributed by atoms with Crippen LogP contribution in [0.2, 0.25) is 0 Å². The van der Waals surface area contributed by atoms with Crippen LogP contribution in [0.25, 0.3) is 0 Å². The van der Waals surface area contributed by atoms with Crippen molar-refractivity contribution in [3.63, 3.8) is 0 Å². The van der Waals surface area contributed by atoms with E-state index in [1.807, 2.05) is 6.07 Å². The van der Waals surface area contributed by atoms with E-state index < -0.39 is 0 Å². The van der Waals surface area contributed by atoms with E-state index in [4.69, 9.17) is 5.73 Å². The van der Waals surface area contributed by atoms with Crippen molar-refractivity contribution < 1.29 is 4.39 Å². The van der Waals surface area contributed by atoms with Crippen LogP contribution in [-0.2, 0) is 0 Å². The van der Waals surface area contributed by atoms with E-state index in [0.717, 1.165) is 18.7 Å². The van der Waals surface area contributed by atoms with Crippen LogP contribution in [-0.4, -0.2) is 30.1 Å². The lowest BCUT2D eigenvalue weighted by molar-refractivity contribution is 0.318. The number of nitrogens with zero attached hydrogens (tertiary/aromatic N) is 1. The lowest BCUT2D eigenvalue weighted by atomic mass is 10.1. The molecule has 3 nitrogen and oxygen atoms in total. The molecule has 0 aliphatic carbocycles. The van der Waals surface area contributed by atoms with Crippen molar-refractivity contribution in [2.75, 3.05) is 24.1 Å². The standard InChI is InChI=1S/C13H18FN3/c14-9-3-1-4-11(13(9)15)16-10-6-8-17-7-2-5-12(10)17/h1,3-4,10,12,16H,2,5-8,15H2. The minimum absolute atomic E-state index is 0.240. The number of fused-ring (bicyclic) bond motifs is 1. The van der Waals surface area contributed by atoms with E-state index in [1.165, 1.54) is 25.5 Å². The molecule has 2 atom stereocenters. The number of rotatable bonds is 2. The number of hydrogen-bond acceptors (Lipinski definition) is 3. The summed E-state index contributed by atoms with van der Waals surface area (Å²) in [7, 11) is 0. The highest BCUT2D eigenvalue weighted by Gasteiger charge is 2.37. The first kappa shape index (κ1) is 10.8. The second-order valence-electron chi connectivity index (χ2n) is 4.99. The van der Waals surface area contributed by atoms with Crippen LogP contribution in [0.15, 0.2) is 18.2 Å². The largest absolute Gasteiger partial charge is 0.395 e. The van der Waals surface area contributed by atoms with Gasteiger partial charge in [-0.2, -0.15) is 0 Å². The molecule has 0 amide bonds. The van der Waals surface area contributed by atoms with E-state index in [1.54, 1.807) is 6.07 Å². The Hall–Kier alpha value is -1.29. The molecule has 2 fully saturated rings. The first-order valence-electron chi connectivity index (χ1n) is 6.30. The van der Waals surface area contributed by atoms with Crippen molar-refractivity contribution in [3.8, 4) is 0 Å². The smallest absolute Gasteiger partial charge is 0.148 e. The van der Waals surface area contributed by atoms with Gasteiger partial charge in [-0.05, 0) is 37.9 Å². The molecule has 0 spiro atoms. The predicted octanol–water partition coefficient (Wildman–Crippen LogP) is 2.06. The Morgan fingerprint density at radius 3 is 3.06 bits per heavy atom. The maximum absolute atomic E-state index is 13.3. The topological polar surface area (TPSA) is 41.3 Å². The molecule has 2 unspecified atom stereocenters. The van der Waals surface area contributed by atoms with E-state index in [2.05, 4.69) is 10.2 Å². The summed E-state index contributed by atoms with van der Waals surface area (Å²) < 4.78 is 13.3. The summed E-state index contributed by atoms with van der Waals surface area (Å²) in [6.07, 6.45) is 3.65. The van der Waals surface area contributed by atoms with Crippen molar-refractivity contribution in [1.82, 2.24) is 4.90 Å². The zero-order valence-electron chi connectivity index (χ0n) is 9.82. The van der Waals surface area contributed by atoms with Gasteiger partial charge < -0.3 is 11.1 Å². The summed E-state index contributed by atoms with van der Waals surface area (Å²) in [5, 5.41) is 3.41. The molecule has 3 N–H and O–H groups in total. The molecule has 0 radical (unpaired) electrons. The van der Waals surface area contributed by atoms with Crippen LogP contribution in [0.3, 0.4) is 0 Å². The fraction of sp³-hybridized carbons (Fsp3) is 0.538. The van der Waals surface area contributed by atoms with Crippen LogP contribution < -0.4 is 11.1 Å². The first-order valence-corrected chi connectivity index (χ1v) is 6.30. The van der Waals surface area contributed by atoms with Crippen LogP contribution in [0.1, 0.15) is 19.3 Å². The summed E-state index contributed by atoms with van der Waals surface area (Å²) in [6, 6.07) is 5.99. The molecule has 2 aliphatic rings. The molecule has 0 bridgehead atoms. The number of hydrogen-bond donors (Lipinski definition) is 2. The minimum Gasteiger partial charge on any atom is -0.395 e. The number of anilines is 2. The molecule has 17 heavy (non-hydrogen) atoms. The van der Waals surface area contributed by atoms with Crippen LogP contribution in [0.5, 0.6) is 0 Å². The monoisotopic (exact) mass is 235 g/mol. The Balaban J connectivity index is 1.76. The van der Waals surface area contributed by atoms with Gasteiger partial charge in [0.05, 0.1) is 11.4 Å². The van der Waals surface area contributed by atoms with Crippen molar-refractivity contribution in [2.45, 2.75) is 31.3 Å². The molecule has 0 saturated carbocycles. The van der Waals surface area contributed by atoms with Gasteiger partial charge in [-0.25, -0.2) is 4.39 Å². The van der Waals surface area contributed by atoms with Gasteiger partial charge in [0, 0.05) is 18.6 Å². The third-order valence-electron chi connectivity index (χ3n) is 4.00. The maximum atomic E-state index is 13.3. The Bertz CT molecular complexity index is 421. The molecule has 2 heterocycles. The fourth-order valence-corrected chi connectivity index (χ4v) is 3.11. The second-order valence-corrected chi connectivity index (χ2v) is 4.99. The maximum Gasteiger partial charge on any atom is 0.148 e. The Morgan fingerprint density at radius 1 is 1.29 bits per heavy atom. The lowest BCUT2D eigenvalue weighted by Crippen LogP contribution is -2.34. The van der Waals surface area contributed by atoms with Crippen molar-refractivity contribution in [3.05, 3.63) is 24.0 Å². The molecule has 2 aliphatic heterocycles. The highest BCUT2D eigenvalue weighted by molar-refractivity contribution is 5.67. The summed E-state index contributed by atoms with van der Waals surface area (Å²) in [4.78, 5) is 2.52. The summed E-state index contributed by atoms with van der Waals surface area (Å²) in [5.74, 6) is -0.337. The number of nitrogens with one attached hydrogen (secondary N) is 1. The average Bonchev–Trinajstić information content (AvgIpc) is 2.89. The van der Waals surface area contributed by atoms with Crippen molar-refractivity contribution in [2.24, 2.45) is 0 Å². The fourth-order valence-electron chi connectivity index (χ4n) is 3.11. The Kier molecular flexibility index (Phi) is 2.67. The SMILES string of the molecule is Nc1c(F)cccc1NC1CCN2CCCC12. The Morgan fingerprint density at radius 2 is 2.18 bits per heavy atom. The van der Waals surface area contributed by atoms with Gasteiger partial charge in [0.15, 0.2) is 0 Å². The Labute approximate surface area is 101 Å².